The van der Waals surface area contributed by atoms with Gasteiger partial charge in [0.1, 0.15) is 5.75 Å². The van der Waals surface area contributed by atoms with Crippen molar-refractivity contribution in [1.29, 1.82) is 0 Å². The molecule has 26 heavy (non-hydrogen) atoms. The highest BCUT2D eigenvalue weighted by molar-refractivity contribution is 9.10. The summed E-state index contributed by atoms with van der Waals surface area (Å²) in [6.07, 6.45) is -6.01. The number of hydrazone groups is 1. The quantitative estimate of drug-likeness (QED) is 0.766. The van der Waals surface area contributed by atoms with E-state index in [1.54, 1.807) is 18.2 Å². The number of phenolic OH excluding ortho intramolecular Hbond substituents is 1. The van der Waals surface area contributed by atoms with Crippen molar-refractivity contribution in [3.8, 4) is 5.75 Å². The summed E-state index contributed by atoms with van der Waals surface area (Å²) in [5, 5.41) is 23.4. The fourth-order valence-corrected chi connectivity index (χ4v) is 2.93. The van der Waals surface area contributed by atoms with Crippen molar-refractivity contribution in [2.45, 2.75) is 18.3 Å². The number of carbonyl (C=O) groups is 1. The lowest BCUT2D eigenvalue weighted by Gasteiger charge is -2.32. The predicted octanol–water partition coefficient (Wildman–Crippen LogP) is 3.66. The van der Waals surface area contributed by atoms with E-state index in [0.29, 0.717) is 10.0 Å². The summed E-state index contributed by atoms with van der Waals surface area (Å²) in [6, 6.07) is 11.0. The third-order valence-corrected chi connectivity index (χ3v) is 4.40. The molecule has 1 amide bonds. The van der Waals surface area contributed by atoms with Gasteiger partial charge in [0.15, 0.2) is 0 Å². The fourth-order valence-electron chi connectivity index (χ4n) is 2.53. The molecule has 3 rings (SSSR count). The number of aromatic hydroxyl groups is 1. The summed E-state index contributed by atoms with van der Waals surface area (Å²) in [7, 11) is 0. The summed E-state index contributed by atoms with van der Waals surface area (Å²) in [4.78, 5) is 12.5. The molecule has 2 N–H and O–H groups in total. The first-order chi connectivity index (χ1) is 12.1. The fraction of sp³-hybridized carbons (Fsp3) is 0.176. The van der Waals surface area contributed by atoms with Gasteiger partial charge in [-0.25, -0.2) is 0 Å². The van der Waals surface area contributed by atoms with Crippen LogP contribution >= 0.6 is 15.9 Å². The van der Waals surface area contributed by atoms with E-state index in [0.717, 1.165) is 24.3 Å². The number of nitrogens with zero attached hydrogens (tertiary/aromatic N) is 2. The zero-order valence-corrected chi connectivity index (χ0v) is 14.6. The topological polar surface area (TPSA) is 73.1 Å². The van der Waals surface area contributed by atoms with Crippen molar-refractivity contribution >= 4 is 27.5 Å². The molecule has 0 bridgehead atoms. The minimum atomic E-state index is -5.11. The van der Waals surface area contributed by atoms with Crippen molar-refractivity contribution in [2.24, 2.45) is 5.10 Å². The second kappa shape index (κ2) is 6.40. The van der Waals surface area contributed by atoms with Crippen LogP contribution in [0.1, 0.15) is 22.3 Å². The van der Waals surface area contributed by atoms with Crippen LogP contribution in [0.4, 0.5) is 13.2 Å². The number of aliphatic hydroxyl groups is 1. The van der Waals surface area contributed by atoms with E-state index in [1.807, 2.05) is 0 Å². The Morgan fingerprint density at radius 3 is 2.42 bits per heavy atom. The number of phenols is 1. The molecule has 0 aromatic heterocycles. The molecule has 0 spiro atoms. The molecule has 0 saturated carbocycles. The highest BCUT2D eigenvalue weighted by Gasteiger charge is 2.63. The van der Waals surface area contributed by atoms with Crippen LogP contribution in [0.15, 0.2) is 58.1 Å². The maximum absolute atomic E-state index is 13.5. The van der Waals surface area contributed by atoms with Gasteiger partial charge in [-0.3, -0.25) is 4.79 Å². The molecule has 0 radical (unpaired) electrons. The van der Waals surface area contributed by atoms with E-state index < -0.39 is 24.2 Å². The smallest absolute Gasteiger partial charge is 0.438 e. The summed E-state index contributed by atoms with van der Waals surface area (Å²) in [5.74, 6) is -1.28. The highest BCUT2D eigenvalue weighted by atomic mass is 79.9. The first-order valence-electron chi connectivity index (χ1n) is 7.38. The van der Waals surface area contributed by atoms with Crippen LogP contribution in [0, 0.1) is 0 Å². The van der Waals surface area contributed by atoms with Crippen LogP contribution in [0.3, 0.4) is 0 Å². The Balaban J connectivity index is 2.05. The van der Waals surface area contributed by atoms with Crippen LogP contribution in [-0.2, 0) is 0 Å². The van der Waals surface area contributed by atoms with Crippen molar-refractivity contribution in [2.75, 3.05) is 0 Å². The molecule has 136 valence electrons. The number of amides is 1. The lowest BCUT2D eigenvalue weighted by atomic mass is 10.0. The Morgan fingerprint density at radius 2 is 1.85 bits per heavy atom. The number of carbonyl (C=O) groups excluding carboxylic acids is 1. The van der Waals surface area contributed by atoms with E-state index in [1.165, 1.54) is 6.07 Å². The van der Waals surface area contributed by atoms with E-state index in [9.17, 15) is 28.2 Å². The number of hydrogen-bond acceptors (Lipinski definition) is 4. The third kappa shape index (κ3) is 3.19. The van der Waals surface area contributed by atoms with E-state index in [2.05, 4.69) is 21.0 Å². The lowest BCUT2D eigenvalue weighted by Crippen LogP contribution is -2.56. The van der Waals surface area contributed by atoms with Crippen molar-refractivity contribution in [3.05, 3.63) is 64.1 Å². The van der Waals surface area contributed by atoms with Crippen LogP contribution in [0.25, 0.3) is 0 Å². The van der Waals surface area contributed by atoms with Gasteiger partial charge >= 0.3 is 6.18 Å². The summed E-state index contributed by atoms with van der Waals surface area (Å²) in [5.41, 5.74) is -3.33. The summed E-state index contributed by atoms with van der Waals surface area (Å²) in [6.45, 7) is 0. The molecular weight excluding hydrogens is 417 g/mol. The van der Waals surface area contributed by atoms with Crippen LogP contribution < -0.4 is 0 Å². The zero-order chi connectivity index (χ0) is 19.1. The first kappa shape index (κ1) is 18.4. The van der Waals surface area contributed by atoms with Crippen molar-refractivity contribution in [1.82, 2.24) is 5.01 Å². The highest BCUT2D eigenvalue weighted by Crippen LogP contribution is 2.42. The van der Waals surface area contributed by atoms with Gasteiger partial charge in [-0.2, -0.15) is 23.3 Å². The number of hydrogen-bond donors (Lipinski definition) is 2. The standard InChI is InChI=1S/C17H12BrF3N2O3/c18-12-3-1-2-11(8-12)14-9-16(26,17(19,20)21)23(22-14)15(25)10-4-6-13(24)7-5-10/h1-8,24,26H,9H2. The Labute approximate surface area is 154 Å². The molecule has 1 aliphatic heterocycles. The molecule has 0 saturated heterocycles. The van der Waals surface area contributed by atoms with Crippen LogP contribution in [0.2, 0.25) is 0 Å². The molecule has 1 heterocycles. The maximum Gasteiger partial charge on any atom is 0.438 e. The second-order valence-electron chi connectivity index (χ2n) is 5.71. The van der Waals surface area contributed by atoms with Crippen LogP contribution in [0.5, 0.6) is 5.75 Å². The lowest BCUT2D eigenvalue weighted by molar-refractivity contribution is -0.297. The summed E-state index contributed by atoms with van der Waals surface area (Å²) >= 11 is 3.22. The molecule has 5 nitrogen and oxygen atoms in total. The van der Waals surface area contributed by atoms with Gasteiger partial charge in [0.05, 0.1) is 12.1 Å². The Morgan fingerprint density at radius 1 is 1.19 bits per heavy atom. The Kier molecular flexibility index (Phi) is 4.53. The molecule has 2 aromatic carbocycles. The van der Waals surface area contributed by atoms with E-state index in [-0.39, 0.29) is 22.0 Å². The molecule has 1 unspecified atom stereocenters. The number of rotatable bonds is 2. The van der Waals surface area contributed by atoms with E-state index in [4.69, 9.17) is 0 Å². The second-order valence-corrected chi connectivity index (χ2v) is 6.63. The predicted molar refractivity (Wildman–Crippen MR) is 90.6 cm³/mol. The SMILES string of the molecule is O=C(c1ccc(O)cc1)N1N=C(c2cccc(Br)c2)CC1(O)C(F)(F)F. The molecule has 0 fully saturated rings. The van der Waals surface area contributed by atoms with Gasteiger partial charge in [0.25, 0.3) is 11.6 Å². The van der Waals surface area contributed by atoms with Gasteiger partial charge in [0, 0.05) is 10.0 Å². The first-order valence-corrected chi connectivity index (χ1v) is 8.17. The minimum absolute atomic E-state index is 0.0512. The number of benzene rings is 2. The molecule has 0 aliphatic carbocycles. The van der Waals surface area contributed by atoms with Gasteiger partial charge in [-0.1, -0.05) is 28.1 Å². The van der Waals surface area contributed by atoms with Crippen molar-refractivity contribution in [3.63, 3.8) is 0 Å². The Bertz CT molecular complexity index is 884. The van der Waals surface area contributed by atoms with Gasteiger partial charge in [-0.05, 0) is 42.0 Å². The monoisotopic (exact) mass is 428 g/mol. The molecule has 9 heteroatoms. The zero-order valence-electron chi connectivity index (χ0n) is 13.0. The molecular formula is C17H12BrF3N2O3. The normalized spacial score (nSPS) is 20.2. The summed E-state index contributed by atoms with van der Waals surface area (Å²) < 4.78 is 41.2. The average molecular weight is 429 g/mol. The van der Waals surface area contributed by atoms with E-state index >= 15 is 0 Å². The largest absolute Gasteiger partial charge is 0.508 e. The minimum Gasteiger partial charge on any atom is -0.508 e. The Hall–Kier alpha value is -2.39. The number of halogens is 4. The third-order valence-electron chi connectivity index (χ3n) is 3.90. The van der Waals surface area contributed by atoms with Crippen LogP contribution in [-0.4, -0.2) is 38.7 Å². The van der Waals surface area contributed by atoms with Gasteiger partial charge in [0.2, 0.25) is 0 Å². The maximum atomic E-state index is 13.5. The average Bonchev–Trinajstić information content (AvgIpc) is 2.94. The molecule has 1 atom stereocenters. The van der Waals surface area contributed by atoms with Crippen molar-refractivity contribution < 1.29 is 28.2 Å². The molecule has 2 aromatic rings. The molecule has 1 aliphatic rings. The number of alkyl halides is 3. The van der Waals surface area contributed by atoms with Gasteiger partial charge < -0.3 is 10.2 Å². The van der Waals surface area contributed by atoms with Gasteiger partial charge in [-0.15, -0.1) is 0 Å².